The van der Waals surface area contributed by atoms with E-state index in [1.165, 1.54) is 0 Å². The van der Waals surface area contributed by atoms with E-state index >= 15 is 0 Å². The van der Waals surface area contributed by atoms with E-state index in [0.717, 1.165) is 11.3 Å². The molecule has 0 spiro atoms. The fraction of sp³-hybridized carbons (Fsp3) is 0.300. The molecule has 5 nitrogen and oxygen atoms in total. The van der Waals surface area contributed by atoms with Gasteiger partial charge in [0.05, 0.1) is 5.92 Å². The van der Waals surface area contributed by atoms with Crippen LogP contribution in [0.2, 0.25) is 5.02 Å². The summed E-state index contributed by atoms with van der Waals surface area (Å²) in [7, 11) is 0. The summed E-state index contributed by atoms with van der Waals surface area (Å²) in [6.07, 6.45) is 0.578. The Labute approximate surface area is 157 Å². The molecule has 26 heavy (non-hydrogen) atoms. The highest BCUT2D eigenvalue weighted by Gasteiger charge is 2.26. The van der Waals surface area contributed by atoms with Gasteiger partial charge in [-0.15, -0.1) is 0 Å². The van der Waals surface area contributed by atoms with Gasteiger partial charge in [-0.05, 0) is 62.2 Å². The Morgan fingerprint density at radius 3 is 2.73 bits per heavy atom. The highest BCUT2D eigenvalue weighted by atomic mass is 35.5. The molecule has 2 N–H and O–H groups in total. The number of anilines is 1. The number of halogens is 1. The molecule has 0 aromatic heterocycles. The highest BCUT2D eigenvalue weighted by Crippen LogP contribution is 2.30. The molecule has 0 saturated carbocycles. The number of benzene rings is 2. The minimum absolute atomic E-state index is 0.0148. The second-order valence-electron chi connectivity index (χ2n) is 6.66. The van der Waals surface area contributed by atoms with Crippen LogP contribution in [0, 0.1) is 5.92 Å². The van der Waals surface area contributed by atoms with Crippen LogP contribution in [0.4, 0.5) is 5.69 Å². The Morgan fingerprint density at radius 1 is 1.19 bits per heavy atom. The number of hydrogen-bond donors (Lipinski definition) is 2. The molecule has 3 rings (SSSR count). The van der Waals surface area contributed by atoms with Crippen LogP contribution in [0.15, 0.2) is 42.5 Å². The molecule has 0 aliphatic carbocycles. The number of ether oxygens (including phenoxy) is 1. The van der Waals surface area contributed by atoms with Crippen molar-refractivity contribution in [2.45, 2.75) is 26.3 Å². The summed E-state index contributed by atoms with van der Waals surface area (Å²) < 4.78 is 5.71. The van der Waals surface area contributed by atoms with Crippen LogP contribution in [-0.4, -0.2) is 24.5 Å². The van der Waals surface area contributed by atoms with Crippen LogP contribution in [0.5, 0.6) is 5.75 Å². The van der Waals surface area contributed by atoms with Gasteiger partial charge < -0.3 is 15.4 Å². The van der Waals surface area contributed by atoms with Crippen molar-refractivity contribution in [3.63, 3.8) is 0 Å². The molecule has 136 valence electrons. The summed E-state index contributed by atoms with van der Waals surface area (Å²) in [6, 6.07) is 12.3. The molecule has 2 aromatic carbocycles. The lowest BCUT2D eigenvalue weighted by Crippen LogP contribution is -2.40. The molecular weight excluding hydrogens is 352 g/mol. The average Bonchev–Trinajstić information content (AvgIpc) is 2.60. The van der Waals surface area contributed by atoms with Gasteiger partial charge in [0.25, 0.3) is 5.91 Å². The van der Waals surface area contributed by atoms with E-state index in [-0.39, 0.29) is 23.8 Å². The summed E-state index contributed by atoms with van der Waals surface area (Å²) in [6.45, 7) is 4.22. The lowest BCUT2D eigenvalue weighted by atomic mass is 9.95. The van der Waals surface area contributed by atoms with Gasteiger partial charge in [0.1, 0.15) is 12.4 Å². The lowest BCUT2D eigenvalue weighted by molar-refractivity contribution is -0.126. The van der Waals surface area contributed by atoms with Crippen molar-refractivity contribution in [1.82, 2.24) is 5.32 Å². The third kappa shape index (κ3) is 4.35. The molecule has 1 aliphatic rings. The first-order valence-corrected chi connectivity index (χ1v) is 8.93. The molecule has 1 heterocycles. The minimum Gasteiger partial charge on any atom is -0.492 e. The van der Waals surface area contributed by atoms with Crippen molar-refractivity contribution in [1.29, 1.82) is 0 Å². The first-order chi connectivity index (χ1) is 12.4. The van der Waals surface area contributed by atoms with Crippen LogP contribution in [0.25, 0.3) is 0 Å². The van der Waals surface area contributed by atoms with E-state index < -0.39 is 0 Å². The summed E-state index contributed by atoms with van der Waals surface area (Å²) in [5, 5.41) is 6.28. The molecule has 2 aromatic rings. The van der Waals surface area contributed by atoms with E-state index in [9.17, 15) is 9.59 Å². The Kier molecular flexibility index (Phi) is 5.47. The van der Waals surface area contributed by atoms with Gasteiger partial charge in [-0.25, -0.2) is 0 Å². The van der Waals surface area contributed by atoms with Crippen LogP contribution in [0.3, 0.4) is 0 Å². The number of rotatable bonds is 4. The smallest absolute Gasteiger partial charge is 0.255 e. The maximum Gasteiger partial charge on any atom is 0.255 e. The predicted octanol–water partition coefficient (Wildman–Crippen LogP) is 3.67. The first kappa shape index (κ1) is 18.3. The van der Waals surface area contributed by atoms with Crippen molar-refractivity contribution in [2.24, 2.45) is 5.92 Å². The van der Waals surface area contributed by atoms with Crippen LogP contribution in [-0.2, 0) is 11.2 Å². The number of fused-ring (bicyclic) bond motifs is 1. The van der Waals surface area contributed by atoms with E-state index in [1.807, 2.05) is 26.0 Å². The van der Waals surface area contributed by atoms with Gasteiger partial charge in [-0.3, -0.25) is 9.59 Å². The zero-order valence-corrected chi connectivity index (χ0v) is 15.5. The molecule has 0 unspecified atom stereocenters. The maximum atomic E-state index is 12.4. The number of hydrogen-bond acceptors (Lipinski definition) is 3. The fourth-order valence-electron chi connectivity index (χ4n) is 2.88. The van der Waals surface area contributed by atoms with E-state index in [2.05, 4.69) is 10.6 Å². The van der Waals surface area contributed by atoms with Crippen LogP contribution >= 0.6 is 11.6 Å². The van der Waals surface area contributed by atoms with Gasteiger partial charge in [0.2, 0.25) is 5.91 Å². The van der Waals surface area contributed by atoms with Crippen molar-refractivity contribution < 1.29 is 14.3 Å². The third-order valence-electron chi connectivity index (χ3n) is 4.11. The number of carbonyl (C=O) groups is 2. The predicted molar refractivity (Wildman–Crippen MR) is 102 cm³/mol. The second kappa shape index (κ2) is 7.79. The molecule has 1 atom stereocenters. The summed E-state index contributed by atoms with van der Waals surface area (Å²) >= 11 is 5.93. The number of nitrogens with one attached hydrogen (secondary N) is 2. The summed E-state index contributed by atoms with van der Waals surface area (Å²) in [4.78, 5) is 24.6. The zero-order valence-electron chi connectivity index (χ0n) is 14.7. The second-order valence-corrected chi connectivity index (χ2v) is 7.10. The topological polar surface area (TPSA) is 67.4 Å². The lowest BCUT2D eigenvalue weighted by Gasteiger charge is -2.26. The molecular formula is C20H21ClN2O3. The van der Waals surface area contributed by atoms with E-state index in [0.29, 0.717) is 29.3 Å². The molecule has 0 bridgehead atoms. The van der Waals surface area contributed by atoms with Crippen molar-refractivity contribution in [3.05, 3.63) is 58.6 Å². The molecule has 2 amide bonds. The van der Waals surface area contributed by atoms with Crippen molar-refractivity contribution in [2.75, 3.05) is 11.9 Å². The molecule has 0 fully saturated rings. The molecule has 6 heteroatoms. The van der Waals surface area contributed by atoms with Gasteiger partial charge in [-0.1, -0.05) is 17.7 Å². The Morgan fingerprint density at radius 2 is 2.00 bits per heavy atom. The third-order valence-corrected chi connectivity index (χ3v) is 4.35. The van der Waals surface area contributed by atoms with Crippen molar-refractivity contribution >= 4 is 29.1 Å². The van der Waals surface area contributed by atoms with Gasteiger partial charge in [-0.2, -0.15) is 0 Å². The summed E-state index contributed by atoms with van der Waals surface area (Å²) in [5.41, 5.74) is 2.05. The number of amides is 2. The normalized spacial score (nSPS) is 15.8. The van der Waals surface area contributed by atoms with Gasteiger partial charge in [0, 0.05) is 22.3 Å². The standard InChI is InChI=1S/C20H21ClN2O3/c1-12(2)22-20(25)15-8-14-10-17(6-7-18(14)26-11-15)23-19(24)13-4-3-5-16(21)9-13/h3-7,9-10,12,15H,8,11H2,1-2H3,(H,22,25)(H,23,24)/t15-/m1/s1. The summed E-state index contributed by atoms with van der Waals surface area (Å²) in [5.74, 6) is 0.264. The fourth-order valence-corrected chi connectivity index (χ4v) is 3.07. The van der Waals surface area contributed by atoms with E-state index in [1.54, 1.807) is 30.3 Å². The van der Waals surface area contributed by atoms with Crippen molar-refractivity contribution in [3.8, 4) is 5.75 Å². The minimum atomic E-state index is -0.238. The average molecular weight is 373 g/mol. The molecule has 0 radical (unpaired) electrons. The molecule has 0 saturated heterocycles. The quantitative estimate of drug-likeness (QED) is 0.860. The van der Waals surface area contributed by atoms with Gasteiger partial charge in [0.15, 0.2) is 0 Å². The molecule has 1 aliphatic heterocycles. The Bertz CT molecular complexity index is 836. The first-order valence-electron chi connectivity index (χ1n) is 8.55. The van der Waals surface area contributed by atoms with E-state index in [4.69, 9.17) is 16.3 Å². The SMILES string of the molecule is CC(C)NC(=O)[C@H]1COc2ccc(NC(=O)c3cccc(Cl)c3)cc2C1. The Hall–Kier alpha value is -2.53. The Balaban J connectivity index is 1.72. The zero-order chi connectivity index (χ0) is 18.7. The highest BCUT2D eigenvalue weighted by molar-refractivity contribution is 6.31. The number of carbonyl (C=O) groups excluding carboxylic acids is 2. The monoisotopic (exact) mass is 372 g/mol. The van der Waals surface area contributed by atoms with Crippen LogP contribution < -0.4 is 15.4 Å². The maximum absolute atomic E-state index is 12.4. The largest absolute Gasteiger partial charge is 0.492 e. The van der Waals surface area contributed by atoms with Crippen LogP contribution in [0.1, 0.15) is 29.8 Å². The van der Waals surface area contributed by atoms with Gasteiger partial charge >= 0.3 is 0 Å².